The number of nitrogens with zero attached hydrogens (tertiary/aromatic N) is 1. The van der Waals surface area contributed by atoms with Gasteiger partial charge in [0.05, 0.1) is 16.6 Å². The summed E-state index contributed by atoms with van der Waals surface area (Å²) in [5.74, 6) is -0.200. The fraction of sp³-hybridized carbons (Fsp3) is 0.429. The Kier molecular flexibility index (Phi) is 8.50. The van der Waals surface area contributed by atoms with Crippen molar-refractivity contribution in [1.82, 2.24) is 10.3 Å². The summed E-state index contributed by atoms with van der Waals surface area (Å²) >= 11 is 0. The lowest BCUT2D eigenvalue weighted by atomic mass is 10.0. The second kappa shape index (κ2) is 11.4. The number of amides is 1. The van der Waals surface area contributed by atoms with Gasteiger partial charge >= 0.3 is 12.1 Å². The number of alkyl carbamates (subject to hydrolysis) is 1. The van der Waals surface area contributed by atoms with Crippen LogP contribution in [0, 0.1) is 5.92 Å². The van der Waals surface area contributed by atoms with E-state index in [-0.39, 0.29) is 11.3 Å². The number of carbonyl (C=O) groups excluding carboxylic acids is 2. The Hall–Kier alpha value is -3.68. The molecule has 36 heavy (non-hydrogen) atoms. The number of aryl methyl sites for hydroxylation is 1. The number of aromatic nitrogens is 1. The van der Waals surface area contributed by atoms with Crippen LogP contribution in [0.1, 0.15) is 59.9 Å². The molecule has 192 valence electrons. The molecule has 2 aromatic heterocycles. The highest BCUT2D eigenvalue weighted by atomic mass is 16.6. The van der Waals surface area contributed by atoms with Gasteiger partial charge in [-0.15, -0.1) is 0 Å². The van der Waals surface area contributed by atoms with Crippen molar-refractivity contribution in [2.75, 3.05) is 0 Å². The van der Waals surface area contributed by atoms with Crippen molar-refractivity contribution in [3.8, 4) is 17.0 Å². The minimum Gasteiger partial charge on any atom is -0.463 e. The molecular weight excluding hydrogens is 460 g/mol. The maximum Gasteiger partial charge on any atom is 0.408 e. The third kappa shape index (κ3) is 6.93. The molecule has 8 nitrogen and oxygen atoms in total. The van der Waals surface area contributed by atoms with E-state index in [1.807, 2.05) is 20.8 Å². The monoisotopic (exact) mass is 494 g/mol. The lowest BCUT2D eigenvalue weighted by molar-refractivity contribution is -0.137. The molecule has 0 saturated heterocycles. The van der Waals surface area contributed by atoms with Gasteiger partial charge in [-0.3, -0.25) is 9.78 Å². The number of rotatable bonds is 8. The summed E-state index contributed by atoms with van der Waals surface area (Å²) in [4.78, 5) is 43.0. The minimum absolute atomic E-state index is 0.118. The molecule has 1 N–H and O–H groups in total. The third-order valence-corrected chi connectivity index (χ3v) is 5.31. The Labute approximate surface area is 211 Å². The molecule has 0 spiro atoms. The molecule has 0 radical (unpaired) electrons. The van der Waals surface area contributed by atoms with Crippen LogP contribution in [0.15, 0.2) is 52.0 Å². The van der Waals surface area contributed by atoms with Crippen LogP contribution in [-0.2, 0) is 16.0 Å². The summed E-state index contributed by atoms with van der Waals surface area (Å²) in [5.41, 5.74) is 0.954. The maximum atomic E-state index is 13.2. The van der Waals surface area contributed by atoms with Crippen LogP contribution in [0.25, 0.3) is 22.2 Å². The molecule has 3 aromatic rings. The third-order valence-electron chi connectivity index (χ3n) is 5.31. The van der Waals surface area contributed by atoms with E-state index in [0.29, 0.717) is 46.4 Å². The first-order valence-electron chi connectivity index (χ1n) is 12.2. The van der Waals surface area contributed by atoms with Crippen LogP contribution >= 0.6 is 0 Å². The quantitative estimate of drug-likeness (QED) is 0.318. The van der Waals surface area contributed by atoms with E-state index >= 15 is 0 Å². The molecule has 2 heterocycles. The van der Waals surface area contributed by atoms with Crippen molar-refractivity contribution in [1.29, 1.82) is 0 Å². The van der Waals surface area contributed by atoms with Gasteiger partial charge in [-0.2, -0.15) is 0 Å². The molecule has 0 aliphatic heterocycles. The van der Waals surface area contributed by atoms with E-state index in [9.17, 15) is 14.4 Å². The first kappa shape index (κ1) is 26.9. The van der Waals surface area contributed by atoms with Gasteiger partial charge < -0.3 is 19.2 Å². The summed E-state index contributed by atoms with van der Waals surface area (Å²) in [5, 5.41) is 3.01. The number of nitrogens with one attached hydrogen (secondary N) is 1. The Morgan fingerprint density at radius 1 is 1.17 bits per heavy atom. The molecule has 0 saturated carbocycles. The number of fused-ring (bicyclic) bond motifs is 1. The SMILES string of the molecule is CCCc1cc2c(=O)c(-c3ccccn3)coc2cc1OC(=O)[C@@H](CC(C)C)NC(=O)OC(C)(C)C. The lowest BCUT2D eigenvalue weighted by Gasteiger charge is -2.24. The smallest absolute Gasteiger partial charge is 0.408 e. The predicted octanol–water partition coefficient (Wildman–Crippen LogP) is 5.65. The molecule has 0 aliphatic rings. The molecule has 8 heteroatoms. The Morgan fingerprint density at radius 3 is 2.53 bits per heavy atom. The molecule has 0 unspecified atom stereocenters. The van der Waals surface area contributed by atoms with Crippen LogP contribution in [0.3, 0.4) is 0 Å². The second-order valence-electron chi connectivity index (χ2n) is 10.1. The van der Waals surface area contributed by atoms with E-state index in [4.69, 9.17) is 13.9 Å². The van der Waals surface area contributed by atoms with Gasteiger partial charge in [0.15, 0.2) is 0 Å². The first-order chi connectivity index (χ1) is 17.0. The highest BCUT2D eigenvalue weighted by Gasteiger charge is 2.27. The van der Waals surface area contributed by atoms with Crippen LogP contribution in [0.4, 0.5) is 4.79 Å². The zero-order chi connectivity index (χ0) is 26.5. The number of benzene rings is 1. The number of hydrogen-bond acceptors (Lipinski definition) is 7. The molecule has 1 aromatic carbocycles. The highest BCUT2D eigenvalue weighted by molar-refractivity contribution is 5.86. The number of hydrogen-bond donors (Lipinski definition) is 1. The maximum absolute atomic E-state index is 13.2. The Bertz CT molecular complexity index is 1270. The van der Waals surface area contributed by atoms with Crippen molar-refractivity contribution < 1.29 is 23.5 Å². The van der Waals surface area contributed by atoms with E-state index in [0.717, 1.165) is 6.42 Å². The number of ether oxygens (including phenoxy) is 2. The van der Waals surface area contributed by atoms with Crippen molar-refractivity contribution in [2.45, 2.75) is 72.4 Å². The minimum atomic E-state index is -0.899. The Morgan fingerprint density at radius 2 is 1.92 bits per heavy atom. The molecule has 0 bridgehead atoms. The van der Waals surface area contributed by atoms with Gasteiger partial charge in [0, 0.05) is 12.3 Å². The molecular formula is C28H34N2O6. The standard InChI is InChI=1S/C28H34N2O6/c1-7-10-18-14-19-24(34-16-20(25(19)31)21-11-8-9-12-29-21)15-23(18)35-26(32)22(13-17(2)3)30-27(33)36-28(4,5)6/h8-9,11-12,14-17,22H,7,10,13H2,1-6H3,(H,30,33)/t22-/m1/s1. The van der Waals surface area contributed by atoms with E-state index in [1.54, 1.807) is 57.3 Å². The number of esters is 1. The van der Waals surface area contributed by atoms with Crippen molar-refractivity contribution in [3.05, 3.63) is 58.6 Å². The average molecular weight is 495 g/mol. The molecule has 0 aliphatic carbocycles. The van der Waals surface area contributed by atoms with Crippen LogP contribution < -0.4 is 15.5 Å². The zero-order valence-electron chi connectivity index (χ0n) is 21.7. The molecule has 3 rings (SSSR count). The topological polar surface area (TPSA) is 108 Å². The number of pyridine rings is 1. The van der Waals surface area contributed by atoms with Gasteiger partial charge in [-0.05, 0) is 63.3 Å². The summed E-state index contributed by atoms with van der Waals surface area (Å²) in [7, 11) is 0. The molecule has 0 fully saturated rings. The summed E-state index contributed by atoms with van der Waals surface area (Å²) in [6.07, 6.45) is 4.02. The fourth-order valence-electron chi connectivity index (χ4n) is 3.78. The Balaban J connectivity index is 1.95. The van der Waals surface area contributed by atoms with Crippen molar-refractivity contribution >= 4 is 23.0 Å². The van der Waals surface area contributed by atoms with Gasteiger partial charge in [-0.25, -0.2) is 9.59 Å². The van der Waals surface area contributed by atoms with Crippen molar-refractivity contribution in [2.24, 2.45) is 5.92 Å². The largest absolute Gasteiger partial charge is 0.463 e. The normalized spacial score (nSPS) is 12.4. The first-order valence-corrected chi connectivity index (χ1v) is 12.2. The lowest BCUT2D eigenvalue weighted by Crippen LogP contribution is -2.45. The van der Waals surface area contributed by atoms with Crippen LogP contribution in [-0.4, -0.2) is 28.7 Å². The van der Waals surface area contributed by atoms with Crippen LogP contribution in [0.2, 0.25) is 0 Å². The predicted molar refractivity (Wildman–Crippen MR) is 138 cm³/mol. The zero-order valence-corrected chi connectivity index (χ0v) is 21.7. The summed E-state index contributed by atoms with van der Waals surface area (Å²) in [6, 6.07) is 7.68. The second-order valence-corrected chi connectivity index (χ2v) is 10.1. The summed E-state index contributed by atoms with van der Waals surface area (Å²) < 4.78 is 16.8. The van der Waals surface area contributed by atoms with Gasteiger partial charge in [0.2, 0.25) is 5.43 Å². The van der Waals surface area contributed by atoms with E-state index in [2.05, 4.69) is 10.3 Å². The van der Waals surface area contributed by atoms with Crippen molar-refractivity contribution in [3.63, 3.8) is 0 Å². The highest BCUT2D eigenvalue weighted by Crippen LogP contribution is 2.28. The number of carbonyl (C=O) groups is 2. The van der Waals surface area contributed by atoms with Gasteiger partial charge in [0.25, 0.3) is 0 Å². The van der Waals surface area contributed by atoms with Crippen LogP contribution in [0.5, 0.6) is 5.75 Å². The molecule has 1 amide bonds. The van der Waals surface area contributed by atoms with E-state index < -0.39 is 23.7 Å². The van der Waals surface area contributed by atoms with Gasteiger partial charge in [-0.1, -0.05) is 33.3 Å². The molecule has 1 atom stereocenters. The fourth-order valence-corrected chi connectivity index (χ4v) is 3.78. The van der Waals surface area contributed by atoms with Gasteiger partial charge in [0.1, 0.15) is 29.2 Å². The average Bonchev–Trinajstić information content (AvgIpc) is 2.79. The summed E-state index contributed by atoms with van der Waals surface area (Å²) in [6.45, 7) is 11.1. The van der Waals surface area contributed by atoms with E-state index in [1.165, 1.54) is 6.26 Å².